The molecule has 2 saturated heterocycles. The number of rotatable bonds is 5. The van der Waals surface area contributed by atoms with Crippen molar-refractivity contribution in [2.45, 2.75) is 45.0 Å². The molecule has 0 spiro atoms. The maximum Gasteiger partial charge on any atom is 0.158 e. The molecule has 0 bridgehead atoms. The minimum absolute atomic E-state index is 0.0216. The second-order valence-electron chi connectivity index (χ2n) is 5.24. The van der Waals surface area contributed by atoms with Gasteiger partial charge in [0.1, 0.15) is 0 Å². The fraction of sp³-hybridized carbons (Fsp3) is 1.00. The van der Waals surface area contributed by atoms with E-state index in [0.29, 0.717) is 6.54 Å². The number of nitrogens with zero attached hydrogens (tertiary/aromatic N) is 1. The molecule has 0 amide bonds. The van der Waals surface area contributed by atoms with Gasteiger partial charge in [-0.25, -0.2) is 0 Å². The van der Waals surface area contributed by atoms with E-state index in [1.54, 1.807) is 0 Å². The van der Waals surface area contributed by atoms with Crippen molar-refractivity contribution >= 4 is 0 Å². The number of likely N-dealkylation sites (tertiary alicyclic amines) is 1. The minimum atomic E-state index is 0.0216. The lowest BCUT2D eigenvalue weighted by atomic mass is 9.94. The molecule has 0 radical (unpaired) electrons. The second-order valence-corrected chi connectivity index (χ2v) is 5.24. The summed E-state index contributed by atoms with van der Waals surface area (Å²) in [4.78, 5) is 2.53. The van der Waals surface area contributed by atoms with Crippen molar-refractivity contribution in [1.29, 1.82) is 0 Å². The highest BCUT2D eigenvalue weighted by atomic mass is 16.7. The number of hydrogen-bond donors (Lipinski definition) is 1. The quantitative estimate of drug-likeness (QED) is 0.787. The number of ether oxygens (including phenoxy) is 2. The molecule has 0 saturated carbocycles. The Morgan fingerprint density at radius 1 is 1.41 bits per heavy atom. The molecule has 0 aliphatic carbocycles. The van der Waals surface area contributed by atoms with Crippen LogP contribution in [0.1, 0.15) is 32.6 Å². The predicted octanol–water partition coefficient (Wildman–Crippen LogP) is 1.20. The van der Waals surface area contributed by atoms with Gasteiger partial charge in [-0.3, -0.25) is 0 Å². The molecule has 0 aromatic rings. The van der Waals surface area contributed by atoms with Crippen LogP contribution in [0.5, 0.6) is 0 Å². The maximum atomic E-state index is 5.85. The van der Waals surface area contributed by atoms with Crippen LogP contribution in [-0.2, 0) is 9.47 Å². The molecule has 2 N–H and O–H groups in total. The zero-order valence-electron chi connectivity index (χ0n) is 10.9. The highest BCUT2D eigenvalue weighted by Crippen LogP contribution is 2.26. The predicted molar refractivity (Wildman–Crippen MR) is 67.7 cm³/mol. The topological polar surface area (TPSA) is 47.7 Å². The summed E-state index contributed by atoms with van der Waals surface area (Å²) in [5.74, 6) is 0.741. The molecule has 17 heavy (non-hydrogen) atoms. The Morgan fingerprint density at radius 3 is 3.06 bits per heavy atom. The summed E-state index contributed by atoms with van der Waals surface area (Å²) in [6.07, 6.45) is 4.86. The zero-order valence-corrected chi connectivity index (χ0v) is 10.9. The SMILES string of the molecule is CCN1CCCC(CC2OCC(CCN)O2)C1. The molecule has 100 valence electrons. The van der Waals surface area contributed by atoms with Gasteiger partial charge in [-0.15, -0.1) is 0 Å². The molecule has 4 heteroatoms. The van der Waals surface area contributed by atoms with Gasteiger partial charge in [0.2, 0.25) is 0 Å². The van der Waals surface area contributed by atoms with E-state index in [2.05, 4.69) is 11.8 Å². The van der Waals surface area contributed by atoms with Gasteiger partial charge in [0.15, 0.2) is 6.29 Å². The van der Waals surface area contributed by atoms with Crippen molar-refractivity contribution in [2.75, 3.05) is 32.8 Å². The van der Waals surface area contributed by atoms with Crippen LogP contribution >= 0.6 is 0 Å². The van der Waals surface area contributed by atoms with E-state index in [9.17, 15) is 0 Å². The average molecular weight is 242 g/mol. The Kier molecular flexibility index (Phi) is 5.22. The first kappa shape index (κ1) is 13.3. The highest BCUT2D eigenvalue weighted by Gasteiger charge is 2.29. The van der Waals surface area contributed by atoms with Crippen LogP contribution in [0, 0.1) is 5.92 Å². The molecule has 0 aromatic carbocycles. The minimum Gasteiger partial charge on any atom is -0.350 e. The van der Waals surface area contributed by atoms with E-state index >= 15 is 0 Å². The monoisotopic (exact) mass is 242 g/mol. The Bertz CT molecular complexity index is 225. The van der Waals surface area contributed by atoms with Gasteiger partial charge in [0.25, 0.3) is 0 Å². The lowest BCUT2D eigenvalue weighted by Gasteiger charge is -2.32. The van der Waals surface area contributed by atoms with E-state index in [0.717, 1.165) is 25.4 Å². The molecule has 3 atom stereocenters. The first-order valence-corrected chi connectivity index (χ1v) is 7.01. The van der Waals surface area contributed by atoms with Crippen molar-refractivity contribution in [2.24, 2.45) is 11.7 Å². The third-order valence-corrected chi connectivity index (χ3v) is 3.88. The third-order valence-electron chi connectivity index (χ3n) is 3.88. The van der Waals surface area contributed by atoms with Crippen LogP contribution in [0.4, 0.5) is 0 Å². The molecular formula is C13H26N2O2. The maximum absolute atomic E-state index is 5.85. The van der Waals surface area contributed by atoms with Gasteiger partial charge >= 0.3 is 0 Å². The van der Waals surface area contributed by atoms with Crippen LogP contribution in [0.15, 0.2) is 0 Å². The number of piperidine rings is 1. The zero-order chi connectivity index (χ0) is 12.1. The first-order chi connectivity index (χ1) is 8.31. The summed E-state index contributed by atoms with van der Waals surface area (Å²) in [5.41, 5.74) is 5.53. The summed E-state index contributed by atoms with van der Waals surface area (Å²) >= 11 is 0. The van der Waals surface area contributed by atoms with Gasteiger partial charge in [0, 0.05) is 13.0 Å². The molecular weight excluding hydrogens is 216 g/mol. The van der Waals surface area contributed by atoms with Crippen LogP contribution < -0.4 is 5.73 Å². The largest absolute Gasteiger partial charge is 0.350 e. The summed E-state index contributed by atoms with van der Waals surface area (Å²) in [6, 6.07) is 0. The molecule has 2 aliphatic rings. The average Bonchev–Trinajstić information content (AvgIpc) is 2.77. The first-order valence-electron chi connectivity index (χ1n) is 7.01. The van der Waals surface area contributed by atoms with Gasteiger partial charge in [-0.2, -0.15) is 0 Å². The highest BCUT2D eigenvalue weighted by molar-refractivity contribution is 4.75. The standard InChI is InChI=1S/C13H26N2O2/c1-2-15-7-3-4-11(9-15)8-13-16-10-12(17-13)5-6-14/h11-13H,2-10,14H2,1H3. The van der Waals surface area contributed by atoms with Crippen molar-refractivity contribution in [3.8, 4) is 0 Å². The Hall–Kier alpha value is -0.160. The fourth-order valence-corrected chi connectivity index (χ4v) is 2.87. The Morgan fingerprint density at radius 2 is 2.29 bits per heavy atom. The molecule has 0 aromatic heterocycles. The summed E-state index contributed by atoms with van der Waals surface area (Å²) in [6.45, 7) is 7.29. The van der Waals surface area contributed by atoms with Gasteiger partial charge in [0.05, 0.1) is 12.7 Å². The van der Waals surface area contributed by atoms with Crippen LogP contribution in [-0.4, -0.2) is 50.1 Å². The summed E-state index contributed by atoms with van der Waals surface area (Å²) in [5, 5.41) is 0. The van der Waals surface area contributed by atoms with Crippen molar-refractivity contribution in [3.05, 3.63) is 0 Å². The van der Waals surface area contributed by atoms with Gasteiger partial charge in [-0.05, 0) is 44.8 Å². The molecule has 2 aliphatic heterocycles. The summed E-state index contributed by atoms with van der Waals surface area (Å²) < 4.78 is 11.5. The lowest BCUT2D eigenvalue weighted by molar-refractivity contribution is -0.0767. The van der Waals surface area contributed by atoms with Crippen molar-refractivity contribution in [1.82, 2.24) is 4.90 Å². The smallest absolute Gasteiger partial charge is 0.158 e. The fourth-order valence-electron chi connectivity index (χ4n) is 2.87. The molecule has 2 heterocycles. The number of nitrogens with two attached hydrogens (primary N) is 1. The third kappa shape index (κ3) is 3.91. The van der Waals surface area contributed by atoms with Crippen LogP contribution in [0.25, 0.3) is 0 Å². The second kappa shape index (κ2) is 6.69. The normalized spacial score (nSPS) is 35.3. The molecule has 4 nitrogen and oxygen atoms in total. The number of hydrogen-bond acceptors (Lipinski definition) is 4. The molecule has 2 fully saturated rings. The van der Waals surface area contributed by atoms with Crippen LogP contribution in [0.2, 0.25) is 0 Å². The molecule has 3 unspecified atom stereocenters. The van der Waals surface area contributed by atoms with E-state index in [-0.39, 0.29) is 12.4 Å². The van der Waals surface area contributed by atoms with Crippen LogP contribution in [0.3, 0.4) is 0 Å². The van der Waals surface area contributed by atoms with Crippen molar-refractivity contribution in [3.63, 3.8) is 0 Å². The van der Waals surface area contributed by atoms with E-state index in [4.69, 9.17) is 15.2 Å². The van der Waals surface area contributed by atoms with Gasteiger partial charge < -0.3 is 20.1 Å². The molecule has 2 rings (SSSR count). The van der Waals surface area contributed by atoms with Gasteiger partial charge in [-0.1, -0.05) is 6.92 Å². The Labute approximate surface area is 104 Å². The summed E-state index contributed by atoms with van der Waals surface area (Å²) in [7, 11) is 0. The van der Waals surface area contributed by atoms with Crippen molar-refractivity contribution < 1.29 is 9.47 Å². The van der Waals surface area contributed by atoms with E-state index in [1.807, 2.05) is 0 Å². The van der Waals surface area contributed by atoms with E-state index in [1.165, 1.54) is 32.5 Å². The van der Waals surface area contributed by atoms with E-state index < -0.39 is 0 Å². The Balaban J connectivity index is 1.70. The lowest BCUT2D eigenvalue weighted by Crippen LogP contribution is -2.36.